The lowest BCUT2D eigenvalue weighted by Gasteiger charge is -2.16. The maximum absolute atomic E-state index is 12.3. The first-order valence-corrected chi connectivity index (χ1v) is 8.61. The minimum atomic E-state index is -0.914. The molecule has 0 radical (unpaired) electrons. The lowest BCUT2D eigenvalue weighted by atomic mass is 10.0. The van der Waals surface area contributed by atoms with Crippen LogP contribution in [0.2, 0.25) is 0 Å². The van der Waals surface area contributed by atoms with E-state index < -0.39 is 11.8 Å². The molecule has 0 aliphatic heterocycles. The highest BCUT2D eigenvalue weighted by Gasteiger charge is 2.23. The van der Waals surface area contributed by atoms with Crippen LogP contribution < -0.4 is 9.47 Å². The number of esters is 1. The third-order valence-corrected chi connectivity index (χ3v) is 4.07. The molecule has 26 heavy (non-hydrogen) atoms. The summed E-state index contributed by atoms with van der Waals surface area (Å²) in [5.41, 5.74) is 3.00. The van der Waals surface area contributed by atoms with E-state index in [1.807, 2.05) is 26.0 Å². The third kappa shape index (κ3) is 4.42. The largest absolute Gasteiger partial charge is 0.493 e. The molecule has 0 amide bonds. The van der Waals surface area contributed by atoms with Crippen LogP contribution in [-0.2, 0) is 22.6 Å². The van der Waals surface area contributed by atoms with Crippen LogP contribution in [0, 0.1) is 6.92 Å². The van der Waals surface area contributed by atoms with Crippen LogP contribution in [0.25, 0.3) is 0 Å². The van der Waals surface area contributed by atoms with Crippen LogP contribution in [0.1, 0.15) is 40.9 Å². The first kappa shape index (κ1) is 19.5. The van der Waals surface area contributed by atoms with Crippen molar-refractivity contribution in [3.63, 3.8) is 0 Å². The van der Waals surface area contributed by atoms with Gasteiger partial charge >= 0.3 is 5.97 Å². The predicted octanol–water partition coefficient (Wildman–Crippen LogP) is 3.89. The van der Waals surface area contributed by atoms with Crippen molar-refractivity contribution in [2.45, 2.75) is 33.8 Å². The van der Waals surface area contributed by atoms with Gasteiger partial charge in [0.25, 0.3) is 5.78 Å². The Morgan fingerprint density at radius 2 is 1.77 bits per heavy atom. The molecule has 0 aromatic heterocycles. The standard InChI is InChI=1S/C21H24O5/c1-5-15-10-11-18(14(3)12-15)26-13-17-16(20(22)21(23)24-4)8-7-9-19(17)25-6-2/h7-12H,5-6,13H2,1-4H3. The van der Waals surface area contributed by atoms with E-state index in [1.54, 1.807) is 18.2 Å². The Kier molecular flexibility index (Phi) is 6.78. The molecule has 0 aliphatic rings. The Hall–Kier alpha value is -2.82. The van der Waals surface area contributed by atoms with Gasteiger partial charge in [0, 0.05) is 11.1 Å². The SMILES string of the molecule is CCOc1cccc(C(=O)C(=O)OC)c1COc1ccc(CC)cc1C. The van der Waals surface area contributed by atoms with Crippen LogP contribution in [0.15, 0.2) is 36.4 Å². The molecule has 0 aliphatic carbocycles. The molecule has 0 saturated heterocycles. The molecule has 2 aromatic rings. The highest BCUT2D eigenvalue weighted by molar-refractivity contribution is 6.41. The summed E-state index contributed by atoms with van der Waals surface area (Å²) >= 11 is 0. The zero-order valence-corrected chi connectivity index (χ0v) is 15.6. The molecule has 138 valence electrons. The molecule has 2 aromatic carbocycles. The molecule has 0 heterocycles. The Morgan fingerprint density at radius 3 is 2.38 bits per heavy atom. The molecule has 0 saturated carbocycles. The quantitative estimate of drug-likeness (QED) is 0.408. The number of ketones is 1. The number of aryl methyl sites for hydroxylation is 2. The third-order valence-electron chi connectivity index (χ3n) is 4.07. The maximum Gasteiger partial charge on any atom is 0.379 e. The van der Waals surface area contributed by atoms with E-state index in [2.05, 4.69) is 17.7 Å². The summed E-state index contributed by atoms with van der Waals surface area (Å²) in [6.07, 6.45) is 0.950. The van der Waals surface area contributed by atoms with Gasteiger partial charge < -0.3 is 14.2 Å². The summed E-state index contributed by atoms with van der Waals surface area (Å²) in [5, 5.41) is 0. The smallest absolute Gasteiger partial charge is 0.379 e. The summed E-state index contributed by atoms with van der Waals surface area (Å²) < 4.78 is 16.1. The lowest BCUT2D eigenvalue weighted by Crippen LogP contribution is -2.19. The maximum atomic E-state index is 12.3. The van der Waals surface area contributed by atoms with Crippen LogP contribution in [-0.4, -0.2) is 25.5 Å². The van der Waals surface area contributed by atoms with E-state index >= 15 is 0 Å². The van der Waals surface area contributed by atoms with Crippen LogP contribution in [0.5, 0.6) is 11.5 Å². The molecule has 5 nitrogen and oxygen atoms in total. The van der Waals surface area contributed by atoms with Crippen molar-refractivity contribution in [2.24, 2.45) is 0 Å². The lowest BCUT2D eigenvalue weighted by molar-refractivity contribution is -0.135. The minimum Gasteiger partial charge on any atom is -0.493 e. The summed E-state index contributed by atoms with van der Waals surface area (Å²) in [5.74, 6) is -0.385. The summed E-state index contributed by atoms with van der Waals surface area (Å²) in [4.78, 5) is 24.0. The van der Waals surface area contributed by atoms with Crippen molar-refractivity contribution < 1.29 is 23.8 Å². The number of Topliss-reactive ketones (excluding diaryl/α,β-unsaturated/α-hetero) is 1. The molecule has 0 atom stereocenters. The number of ether oxygens (including phenoxy) is 3. The van der Waals surface area contributed by atoms with E-state index in [9.17, 15) is 9.59 Å². The average molecular weight is 356 g/mol. The molecule has 0 spiro atoms. The Bertz CT molecular complexity index is 795. The number of hydrogen-bond donors (Lipinski definition) is 0. The van der Waals surface area contributed by atoms with Gasteiger partial charge in [-0.2, -0.15) is 0 Å². The molecular formula is C21H24O5. The fourth-order valence-corrected chi connectivity index (χ4v) is 2.66. The molecular weight excluding hydrogens is 332 g/mol. The van der Waals surface area contributed by atoms with Crippen molar-refractivity contribution in [3.05, 3.63) is 58.7 Å². The fourth-order valence-electron chi connectivity index (χ4n) is 2.66. The second-order valence-corrected chi connectivity index (χ2v) is 5.78. The monoisotopic (exact) mass is 356 g/mol. The Morgan fingerprint density at radius 1 is 1.00 bits per heavy atom. The van der Waals surface area contributed by atoms with Crippen LogP contribution >= 0.6 is 0 Å². The van der Waals surface area contributed by atoms with Crippen molar-refractivity contribution in [3.8, 4) is 11.5 Å². The zero-order valence-electron chi connectivity index (χ0n) is 15.6. The highest BCUT2D eigenvalue weighted by Crippen LogP contribution is 2.27. The van der Waals surface area contributed by atoms with Crippen LogP contribution in [0.3, 0.4) is 0 Å². The Balaban J connectivity index is 2.34. The zero-order chi connectivity index (χ0) is 19.1. The van der Waals surface area contributed by atoms with E-state index in [0.29, 0.717) is 17.9 Å². The molecule has 0 unspecified atom stereocenters. The first-order valence-electron chi connectivity index (χ1n) is 8.61. The minimum absolute atomic E-state index is 0.112. The number of hydrogen-bond acceptors (Lipinski definition) is 5. The van der Waals surface area contributed by atoms with Crippen LogP contribution in [0.4, 0.5) is 0 Å². The van der Waals surface area contributed by atoms with Gasteiger partial charge in [0.1, 0.15) is 18.1 Å². The number of benzene rings is 2. The van der Waals surface area contributed by atoms with Gasteiger partial charge in [0.05, 0.1) is 13.7 Å². The van der Waals surface area contributed by atoms with Gasteiger partial charge in [-0.1, -0.05) is 31.2 Å². The van der Waals surface area contributed by atoms with Crippen molar-refractivity contribution in [2.75, 3.05) is 13.7 Å². The molecule has 0 fully saturated rings. The summed E-state index contributed by atoms with van der Waals surface area (Å²) in [6, 6.07) is 11.0. The van der Waals surface area contributed by atoms with Crippen molar-refractivity contribution in [1.82, 2.24) is 0 Å². The normalized spacial score (nSPS) is 10.3. The van der Waals surface area contributed by atoms with Gasteiger partial charge in [0.15, 0.2) is 0 Å². The molecule has 5 heteroatoms. The molecule has 0 bridgehead atoms. The molecule has 2 rings (SSSR count). The molecule has 0 N–H and O–H groups in total. The van der Waals surface area contributed by atoms with E-state index in [4.69, 9.17) is 9.47 Å². The van der Waals surface area contributed by atoms with Gasteiger partial charge in [-0.05, 0) is 43.5 Å². The van der Waals surface area contributed by atoms with E-state index in [0.717, 1.165) is 17.7 Å². The summed E-state index contributed by atoms with van der Waals surface area (Å²) in [7, 11) is 1.18. The van der Waals surface area contributed by atoms with Gasteiger partial charge in [-0.15, -0.1) is 0 Å². The van der Waals surface area contributed by atoms with Gasteiger partial charge in [-0.3, -0.25) is 4.79 Å². The number of methoxy groups -OCH3 is 1. The van der Waals surface area contributed by atoms with Crippen molar-refractivity contribution >= 4 is 11.8 Å². The first-order chi connectivity index (χ1) is 12.5. The van der Waals surface area contributed by atoms with E-state index in [1.165, 1.54) is 12.7 Å². The number of carbonyl (C=O) groups excluding carboxylic acids is 2. The van der Waals surface area contributed by atoms with E-state index in [-0.39, 0.29) is 12.2 Å². The number of carbonyl (C=O) groups is 2. The average Bonchev–Trinajstić information content (AvgIpc) is 2.66. The Labute approximate surface area is 153 Å². The highest BCUT2D eigenvalue weighted by atomic mass is 16.5. The fraction of sp³-hybridized carbons (Fsp3) is 0.333. The van der Waals surface area contributed by atoms with Gasteiger partial charge in [-0.25, -0.2) is 4.79 Å². The second kappa shape index (κ2) is 9.04. The topological polar surface area (TPSA) is 61.8 Å². The van der Waals surface area contributed by atoms with Gasteiger partial charge in [0.2, 0.25) is 0 Å². The second-order valence-electron chi connectivity index (χ2n) is 5.78. The summed E-state index contributed by atoms with van der Waals surface area (Å²) in [6.45, 7) is 6.47. The number of rotatable bonds is 8. The predicted molar refractivity (Wildman–Crippen MR) is 98.8 cm³/mol. The van der Waals surface area contributed by atoms with Crippen molar-refractivity contribution in [1.29, 1.82) is 0 Å².